The van der Waals surface area contributed by atoms with Gasteiger partial charge in [0.15, 0.2) is 0 Å². The fraction of sp³-hybridized carbons (Fsp3) is 0.393. The molecule has 0 bridgehead atoms. The van der Waals surface area contributed by atoms with Gasteiger partial charge in [0.1, 0.15) is 0 Å². The van der Waals surface area contributed by atoms with Gasteiger partial charge in [-0.05, 0) is 80.5 Å². The predicted molar refractivity (Wildman–Crippen MR) is 125 cm³/mol. The maximum absolute atomic E-state index is 13.6. The van der Waals surface area contributed by atoms with Gasteiger partial charge in [-0.15, -0.1) is 0 Å². The molecule has 2 aromatic rings. The molecule has 1 fully saturated rings. The predicted octanol–water partition coefficient (Wildman–Crippen LogP) is 6.81. The van der Waals surface area contributed by atoms with Gasteiger partial charge in [0, 0.05) is 5.56 Å². The van der Waals surface area contributed by atoms with E-state index in [2.05, 4.69) is 17.4 Å². The van der Waals surface area contributed by atoms with Crippen molar-refractivity contribution in [3.8, 4) is 0 Å². The summed E-state index contributed by atoms with van der Waals surface area (Å²) in [5, 5.41) is 2.70. The van der Waals surface area contributed by atoms with Crippen LogP contribution in [-0.2, 0) is 12.8 Å². The van der Waals surface area contributed by atoms with Crippen LogP contribution in [0, 0.1) is 19.8 Å². The summed E-state index contributed by atoms with van der Waals surface area (Å²) in [5.41, 5.74) is 4.85. The number of alkyl halides is 3. The van der Waals surface area contributed by atoms with Gasteiger partial charge in [0.25, 0.3) is 5.91 Å². The van der Waals surface area contributed by atoms with Crippen molar-refractivity contribution >= 4 is 5.91 Å². The van der Waals surface area contributed by atoms with E-state index >= 15 is 0 Å². The molecule has 1 amide bonds. The van der Waals surface area contributed by atoms with Crippen molar-refractivity contribution in [2.45, 2.75) is 64.6 Å². The number of rotatable bonds is 7. The Morgan fingerprint density at radius 1 is 0.970 bits per heavy atom. The molecule has 0 heterocycles. The second kappa shape index (κ2) is 9.58. The van der Waals surface area contributed by atoms with E-state index in [1.54, 1.807) is 6.08 Å². The van der Waals surface area contributed by atoms with Gasteiger partial charge in [-0.2, -0.15) is 13.2 Å². The van der Waals surface area contributed by atoms with Crippen molar-refractivity contribution in [3.05, 3.63) is 93.6 Å². The average Bonchev–Trinajstić information content (AvgIpc) is 3.59. The minimum Gasteiger partial charge on any atom is -0.345 e. The van der Waals surface area contributed by atoms with Gasteiger partial charge in [-0.25, -0.2) is 0 Å². The molecule has 2 aliphatic rings. The first-order valence-corrected chi connectivity index (χ1v) is 11.6. The Labute approximate surface area is 193 Å². The molecular weight excluding hydrogens is 423 g/mol. The quantitative estimate of drug-likeness (QED) is 0.490. The van der Waals surface area contributed by atoms with E-state index in [9.17, 15) is 18.0 Å². The molecular formula is C28H30F3NO. The molecule has 1 saturated carbocycles. The molecule has 0 radical (unpaired) electrons. The SMILES string of the molecule is Cc1cc(CCCc2ccccc2)cc(C)c1C(=O)NC1CC(C2CC2)=CC=C1C(F)(F)F. The number of hydrogen-bond acceptors (Lipinski definition) is 1. The summed E-state index contributed by atoms with van der Waals surface area (Å²) in [5.74, 6) is -0.0629. The number of halogens is 3. The molecule has 5 heteroatoms. The second-order valence-corrected chi connectivity index (χ2v) is 9.31. The van der Waals surface area contributed by atoms with Gasteiger partial charge in [0.05, 0.1) is 11.6 Å². The Morgan fingerprint density at radius 3 is 2.21 bits per heavy atom. The first-order valence-electron chi connectivity index (χ1n) is 11.6. The standard InChI is InChI=1S/C28H30F3NO/c1-18-15-21(10-6-9-20-7-4-3-5-8-20)16-19(2)26(18)27(33)32-25-17-23(22-11-12-22)13-14-24(25)28(29,30)31/h3-5,7-8,13-16,22,25H,6,9-12,17H2,1-2H3,(H,32,33). The first-order chi connectivity index (χ1) is 15.7. The Kier molecular flexibility index (Phi) is 6.78. The minimum absolute atomic E-state index is 0.234. The molecule has 0 aliphatic heterocycles. The lowest BCUT2D eigenvalue weighted by molar-refractivity contribution is -0.0965. The maximum Gasteiger partial charge on any atom is 0.414 e. The van der Waals surface area contributed by atoms with Crippen LogP contribution < -0.4 is 5.32 Å². The van der Waals surface area contributed by atoms with E-state index in [0.29, 0.717) is 11.5 Å². The lowest BCUT2D eigenvalue weighted by Crippen LogP contribution is -2.42. The van der Waals surface area contributed by atoms with Crippen LogP contribution in [0.25, 0.3) is 0 Å². The first kappa shape index (κ1) is 23.3. The zero-order chi connectivity index (χ0) is 23.6. The molecule has 0 spiro atoms. The Balaban J connectivity index is 1.45. The molecule has 0 aromatic heterocycles. The van der Waals surface area contributed by atoms with Gasteiger partial charge in [-0.1, -0.05) is 60.2 Å². The van der Waals surface area contributed by atoms with Crippen molar-refractivity contribution in [2.24, 2.45) is 5.92 Å². The van der Waals surface area contributed by atoms with E-state index < -0.39 is 23.7 Å². The van der Waals surface area contributed by atoms with Crippen molar-refractivity contribution < 1.29 is 18.0 Å². The number of carbonyl (C=O) groups is 1. The van der Waals surface area contributed by atoms with Gasteiger partial charge in [-0.3, -0.25) is 4.79 Å². The van der Waals surface area contributed by atoms with Crippen LogP contribution in [0.2, 0.25) is 0 Å². The van der Waals surface area contributed by atoms with Crippen LogP contribution in [0.1, 0.15) is 58.3 Å². The zero-order valence-electron chi connectivity index (χ0n) is 19.1. The van der Waals surface area contributed by atoms with Gasteiger partial charge >= 0.3 is 6.18 Å². The van der Waals surface area contributed by atoms with Crippen molar-refractivity contribution in [1.29, 1.82) is 0 Å². The summed E-state index contributed by atoms with van der Waals surface area (Å²) < 4.78 is 40.8. The Bertz CT molecular complexity index is 1060. The lowest BCUT2D eigenvalue weighted by Gasteiger charge is -2.28. The molecule has 2 aromatic carbocycles. The molecule has 1 unspecified atom stereocenters. The molecule has 4 rings (SSSR count). The summed E-state index contributed by atoms with van der Waals surface area (Å²) in [6.45, 7) is 3.72. The highest BCUT2D eigenvalue weighted by Gasteiger charge is 2.42. The second-order valence-electron chi connectivity index (χ2n) is 9.31. The van der Waals surface area contributed by atoms with E-state index in [0.717, 1.165) is 60.4 Å². The van der Waals surface area contributed by atoms with E-state index in [-0.39, 0.29) is 6.42 Å². The molecule has 33 heavy (non-hydrogen) atoms. The summed E-state index contributed by atoms with van der Waals surface area (Å²) >= 11 is 0. The molecule has 1 N–H and O–H groups in total. The molecule has 1 atom stereocenters. The van der Waals surface area contributed by atoms with E-state index in [4.69, 9.17) is 0 Å². The Hall–Kier alpha value is -2.82. The summed E-state index contributed by atoms with van der Waals surface area (Å²) in [6.07, 6.45) is 3.42. The number of aryl methyl sites for hydroxylation is 4. The zero-order valence-corrected chi connectivity index (χ0v) is 19.1. The van der Waals surface area contributed by atoms with Crippen molar-refractivity contribution in [1.82, 2.24) is 5.32 Å². The third-order valence-corrected chi connectivity index (χ3v) is 6.62. The third kappa shape index (κ3) is 5.76. The number of hydrogen-bond donors (Lipinski definition) is 1. The van der Waals surface area contributed by atoms with Gasteiger partial charge in [0.2, 0.25) is 0 Å². The molecule has 174 valence electrons. The molecule has 2 aliphatic carbocycles. The van der Waals surface area contributed by atoms with Crippen LogP contribution in [0.4, 0.5) is 13.2 Å². The Morgan fingerprint density at radius 2 is 1.61 bits per heavy atom. The lowest BCUT2D eigenvalue weighted by atomic mass is 9.89. The fourth-order valence-electron chi connectivity index (χ4n) is 4.83. The summed E-state index contributed by atoms with van der Waals surface area (Å²) in [7, 11) is 0. The maximum atomic E-state index is 13.6. The number of nitrogens with one attached hydrogen (secondary N) is 1. The normalized spacial score (nSPS) is 18.5. The van der Waals surface area contributed by atoms with Gasteiger partial charge < -0.3 is 5.32 Å². The van der Waals surface area contributed by atoms with Crippen LogP contribution in [0.15, 0.2) is 65.8 Å². The highest BCUT2D eigenvalue weighted by Crippen LogP contribution is 2.43. The van der Waals surface area contributed by atoms with Crippen molar-refractivity contribution in [2.75, 3.05) is 0 Å². The van der Waals surface area contributed by atoms with Crippen LogP contribution in [0.3, 0.4) is 0 Å². The average molecular weight is 454 g/mol. The largest absolute Gasteiger partial charge is 0.414 e. The number of amides is 1. The number of benzene rings is 2. The van der Waals surface area contributed by atoms with Crippen LogP contribution >= 0.6 is 0 Å². The number of carbonyl (C=O) groups excluding carboxylic acids is 1. The summed E-state index contributed by atoms with van der Waals surface area (Å²) in [4.78, 5) is 13.1. The molecule has 2 nitrogen and oxygen atoms in total. The van der Waals surface area contributed by atoms with E-state index in [1.807, 2.05) is 44.2 Å². The van der Waals surface area contributed by atoms with E-state index in [1.165, 1.54) is 5.56 Å². The molecule has 0 saturated heterocycles. The van der Waals surface area contributed by atoms with Crippen LogP contribution in [-0.4, -0.2) is 18.1 Å². The monoisotopic (exact) mass is 453 g/mol. The minimum atomic E-state index is -4.46. The summed E-state index contributed by atoms with van der Waals surface area (Å²) in [6, 6.07) is 13.2. The smallest absolute Gasteiger partial charge is 0.345 e. The number of allylic oxidation sites excluding steroid dienone is 2. The highest BCUT2D eigenvalue weighted by atomic mass is 19.4. The van der Waals surface area contributed by atoms with Crippen LogP contribution in [0.5, 0.6) is 0 Å². The fourth-order valence-corrected chi connectivity index (χ4v) is 4.83. The highest BCUT2D eigenvalue weighted by molar-refractivity contribution is 5.97. The third-order valence-electron chi connectivity index (χ3n) is 6.62. The topological polar surface area (TPSA) is 29.1 Å². The van der Waals surface area contributed by atoms with Crippen molar-refractivity contribution in [3.63, 3.8) is 0 Å².